The van der Waals surface area contributed by atoms with Crippen LogP contribution in [-0.4, -0.2) is 34.3 Å². The van der Waals surface area contributed by atoms with Crippen LogP contribution in [0.5, 0.6) is 17.2 Å². The van der Waals surface area contributed by atoms with Gasteiger partial charge in [0.15, 0.2) is 5.11 Å². The minimum Gasteiger partial charge on any atom is -0.507 e. The van der Waals surface area contributed by atoms with Crippen LogP contribution in [-0.2, 0) is 0 Å². The van der Waals surface area contributed by atoms with Gasteiger partial charge in [-0.25, -0.2) is 4.98 Å². The maximum atomic E-state index is 12.9. The van der Waals surface area contributed by atoms with Gasteiger partial charge in [0.25, 0.3) is 5.91 Å². The van der Waals surface area contributed by atoms with E-state index in [0.29, 0.717) is 52.1 Å². The van der Waals surface area contributed by atoms with Crippen LogP contribution in [0.15, 0.2) is 54.6 Å². The van der Waals surface area contributed by atoms with Crippen molar-refractivity contribution in [1.29, 1.82) is 0 Å². The number of amides is 1. The van der Waals surface area contributed by atoms with E-state index < -0.39 is 5.91 Å². The average molecular weight is 508 g/mol. The van der Waals surface area contributed by atoms with Crippen molar-refractivity contribution in [3.05, 3.63) is 65.7 Å². The molecule has 0 saturated heterocycles. The Morgan fingerprint density at radius 2 is 1.74 bits per heavy atom. The highest BCUT2D eigenvalue weighted by Gasteiger charge is 2.16. The molecule has 9 heteroatoms. The number of nitrogens with one attached hydrogen (secondary N) is 2. The number of nitrogens with zero attached hydrogens (tertiary/aromatic N) is 1. The smallest absolute Gasteiger partial charge is 0.257 e. The Kier molecular flexibility index (Phi) is 7.48. The van der Waals surface area contributed by atoms with Crippen molar-refractivity contribution in [3.8, 4) is 27.8 Å². The third kappa shape index (κ3) is 5.70. The Hall–Kier alpha value is -3.69. The van der Waals surface area contributed by atoms with Crippen LogP contribution in [0.3, 0.4) is 0 Å². The van der Waals surface area contributed by atoms with E-state index in [2.05, 4.69) is 15.6 Å². The van der Waals surface area contributed by atoms with Crippen LogP contribution >= 0.6 is 23.6 Å². The molecule has 0 aliphatic heterocycles. The molecule has 0 fully saturated rings. The SMILES string of the molecule is CCOc1cc(OCC)cc(C(=O)NC(=S)Nc2cc(C)c(O)c(-c3nc4ccccc4s3)c2)c1. The highest BCUT2D eigenvalue weighted by Crippen LogP contribution is 2.38. The molecule has 3 N–H and O–H groups in total. The Morgan fingerprint density at radius 1 is 1.06 bits per heavy atom. The zero-order valence-electron chi connectivity index (χ0n) is 19.5. The van der Waals surface area contributed by atoms with E-state index in [-0.39, 0.29) is 10.9 Å². The molecule has 7 nitrogen and oxygen atoms in total. The minimum atomic E-state index is -0.396. The van der Waals surface area contributed by atoms with Crippen molar-refractivity contribution in [1.82, 2.24) is 10.3 Å². The second kappa shape index (κ2) is 10.7. The molecule has 0 atom stereocenters. The van der Waals surface area contributed by atoms with Crippen molar-refractivity contribution >= 4 is 50.5 Å². The number of phenolic OH excluding ortho intramolecular Hbond substituents is 1. The zero-order valence-corrected chi connectivity index (χ0v) is 21.2. The van der Waals surface area contributed by atoms with Gasteiger partial charge < -0.3 is 19.9 Å². The van der Waals surface area contributed by atoms with E-state index in [4.69, 9.17) is 21.7 Å². The van der Waals surface area contributed by atoms with Crippen LogP contribution in [0.1, 0.15) is 29.8 Å². The highest BCUT2D eigenvalue weighted by atomic mass is 32.1. The molecular weight excluding hydrogens is 482 g/mol. The number of benzene rings is 3. The van der Waals surface area contributed by atoms with Crippen LogP contribution in [0, 0.1) is 6.92 Å². The maximum Gasteiger partial charge on any atom is 0.257 e. The van der Waals surface area contributed by atoms with E-state index >= 15 is 0 Å². The van der Waals surface area contributed by atoms with Gasteiger partial charge in [-0.1, -0.05) is 12.1 Å². The molecule has 0 saturated carbocycles. The lowest BCUT2D eigenvalue weighted by Gasteiger charge is -2.14. The summed E-state index contributed by atoms with van der Waals surface area (Å²) in [5.74, 6) is 0.835. The summed E-state index contributed by atoms with van der Waals surface area (Å²) >= 11 is 6.88. The molecule has 35 heavy (non-hydrogen) atoms. The van der Waals surface area contributed by atoms with Crippen molar-refractivity contribution < 1.29 is 19.4 Å². The number of aromatic nitrogens is 1. The van der Waals surface area contributed by atoms with Crippen LogP contribution in [0.4, 0.5) is 5.69 Å². The van der Waals surface area contributed by atoms with Crippen molar-refractivity contribution in [2.75, 3.05) is 18.5 Å². The summed E-state index contributed by atoms with van der Waals surface area (Å²) in [7, 11) is 0. The molecule has 1 heterocycles. The van der Waals surface area contributed by atoms with Crippen molar-refractivity contribution in [2.24, 2.45) is 0 Å². The quantitative estimate of drug-likeness (QED) is 0.212. The number of aryl methyl sites for hydroxylation is 1. The van der Waals surface area contributed by atoms with E-state index in [1.165, 1.54) is 11.3 Å². The molecule has 4 rings (SSSR count). The van der Waals surface area contributed by atoms with Gasteiger partial charge >= 0.3 is 0 Å². The van der Waals surface area contributed by atoms with Gasteiger partial charge in [0.05, 0.1) is 29.0 Å². The third-order valence-corrected chi connectivity index (χ3v) is 6.35. The Balaban J connectivity index is 1.54. The van der Waals surface area contributed by atoms with Crippen molar-refractivity contribution in [2.45, 2.75) is 20.8 Å². The number of ether oxygens (including phenoxy) is 2. The Morgan fingerprint density at radius 3 is 2.40 bits per heavy atom. The van der Waals surface area contributed by atoms with Crippen LogP contribution in [0.25, 0.3) is 20.8 Å². The number of carbonyl (C=O) groups excluding carboxylic acids is 1. The molecule has 4 aromatic rings. The van der Waals surface area contributed by atoms with E-state index in [9.17, 15) is 9.90 Å². The number of hydrogen-bond donors (Lipinski definition) is 3. The number of para-hydroxylation sites is 1. The van der Waals surface area contributed by atoms with Crippen LogP contribution < -0.4 is 20.1 Å². The number of thiazole rings is 1. The predicted molar refractivity (Wildman–Crippen MR) is 144 cm³/mol. The lowest BCUT2D eigenvalue weighted by molar-refractivity contribution is 0.0976. The average Bonchev–Trinajstić information content (AvgIpc) is 3.25. The molecule has 0 aliphatic rings. The number of hydrogen-bond acceptors (Lipinski definition) is 7. The summed E-state index contributed by atoms with van der Waals surface area (Å²) in [5, 5.41) is 17.2. The fourth-order valence-corrected chi connectivity index (χ4v) is 4.74. The van der Waals surface area contributed by atoms with Gasteiger partial charge in [0, 0.05) is 17.3 Å². The summed E-state index contributed by atoms with van der Waals surface area (Å²) in [6, 6.07) is 16.3. The number of phenols is 1. The monoisotopic (exact) mass is 507 g/mol. The lowest BCUT2D eigenvalue weighted by atomic mass is 10.1. The molecule has 1 amide bonds. The van der Waals surface area contributed by atoms with Gasteiger partial charge in [-0.2, -0.15) is 0 Å². The number of fused-ring (bicyclic) bond motifs is 1. The fraction of sp³-hybridized carbons (Fsp3) is 0.192. The molecule has 0 spiro atoms. The molecule has 0 bridgehead atoms. The number of rotatable bonds is 7. The first-order valence-corrected chi connectivity index (χ1v) is 12.3. The first kappa shape index (κ1) is 24.4. The highest BCUT2D eigenvalue weighted by molar-refractivity contribution is 7.80. The standard InChI is InChI=1S/C26H25N3O4S2/c1-4-32-18-11-16(12-19(14-18)33-5-2)24(31)29-26(34)27-17-10-15(3)23(30)20(13-17)25-28-21-8-6-7-9-22(21)35-25/h6-14,30H,4-5H2,1-3H3,(H2,27,29,31,34). The second-order valence-electron chi connectivity index (χ2n) is 7.64. The molecule has 0 aliphatic carbocycles. The predicted octanol–water partition coefficient (Wildman–Crippen LogP) is 5.90. The normalized spacial score (nSPS) is 10.7. The summed E-state index contributed by atoms with van der Waals surface area (Å²) in [5.41, 5.74) is 3.10. The molecule has 180 valence electrons. The summed E-state index contributed by atoms with van der Waals surface area (Å²) in [6.45, 7) is 6.47. The molecular formula is C26H25N3O4S2. The van der Waals surface area contributed by atoms with E-state index in [0.717, 1.165) is 10.2 Å². The molecule has 0 unspecified atom stereocenters. The molecule has 1 aromatic heterocycles. The molecule has 0 radical (unpaired) electrons. The van der Waals surface area contributed by atoms with Crippen LogP contribution in [0.2, 0.25) is 0 Å². The number of thiocarbonyl (C=S) groups is 1. The molecule has 3 aromatic carbocycles. The largest absolute Gasteiger partial charge is 0.507 e. The first-order chi connectivity index (χ1) is 16.9. The zero-order chi connectivity index (χ0) is 24.9. The second-order valence-corrected chi connectivity index (χ2v) is 9.08. The van der Waals surface area contributed by atoms with Gasteiger partial charge in [-0.05, 0) is 75.0 Å². The van der Waals surface area contributed by atoms with Gasteiger partial charge in [0.1, 0.15) is 22.3 Å². The maximum absolute atomic E-state index is 12.9. The fourth-order valence-electron chi connectivity index (χ4n) is 3.54. The minimum absolute atomic E-state index is 0.120. The van der Waals surface area contributed by atoms with Gasteiger partial charge in [0.2, 0.25) is 0 Å². The summed E-state index contributed by atoms with van der Waals surface area (Å²) < 4.78 is 12.1. The Labute approximate surface area is 212 Å². The summed E-state index contributed by atoms with van der Waals surface area (Å²) in [4.78, 5) is 17.5. The topological polar surface area (TPSA) is 92.7 Å². The first-order valence-electron chi connectivity index (χ1n) is 11.1. The number of anilines is 1. The van der Waals surface area contributed by atoms with Gasteiger partial charge in [-0.3, -0.25) is 10.1 Å². The van der Waals surface area contributed by atoms with E-state index in [1.54, 1.807) is 37.3 Å². The number of aromatic hydroxyl groups is 1. The third-order valence-electron chi connectivity index (χ3n) is 5.07. The summed E-state index contributed by atoms with van der Waals surface area (Å²) in [6.07, 6.45) is 0. The van der Waals surface area contributed by atoms with Gasteiger partial charge in [-0.15, -0.1) is 11.3 Å². The Bertz CT molecular complexity index is 1340. The van der Waals surface area contributed by atoms with E-state index in [1.807, 2.05) is 38.1 Å². The van der Waals surface area contributed by atoms with Crippen molar-refractivity contribution in [3.63, 3.8) is 0 Å². The number of carbonyl (C=O) groups is 1. The lowest BCUT2D eigenvalue weighted by Crippen LogP contribution is -2.34.